The Morgan fingerprint density at radius 3 is 3.07 bits per heavy atom. The van der Waals surface area contributed by atoms with Crippen LogP contribution in [0.5, 0.6) is 0 Å². The minimum Gasteiger partial charge on any atom is -0.314 e. The van der Waals surface area contributed by atoms with E-state index >= 15 is 0 Å². The summed E-state index contributed by atoms with van der Waals surface area (Å²) in [5.41, 5.74) is 3.67. The molecule has 15 heavy (non-hydrogen) atoms. The first-order chi connectivity index (χ1) is 7.35. The van der Waals surface area contributed by atoms with Gasteiger partial charge in [0.1, 0.15) is 0 Å². The van der Waals surface area contributed by atoms with Crippen molar-refractivity contribution in [3.05, 3.63) is 17.0 Å². The fraction of sp³-hybridized carbons (Fsp3) is 0.600. The maximum absolute atomic E-state index is 4.56. The molecule has 1 aliphatic rings. The first-order valence-electron chi connectivity index (χ1n) is 5.13. The highest BCUT2D eigenvalue weighted by atomic mass is 32.2. The van der Waals surface area contributed by atoms with Gasteiger partial charge in [-0.3, -0.25) is 0 Å². The van der Waals surface area contributed by atoms with Crippen molar-refractivity contribution in [3.63, 3.8) is 0 Å². The second-order valence-electron chi connectivity index (χ2n) is 3.54. The van der Waals surface area contributed by atoms with Crippen LogP contribution in [0.15, 0.2) is 5.16 Å². The summed E-state index contributed by atoms with van der Waals surface area (Å²) in [5.74, 6) is 0. The number of rotatable bonds is 3. The third-order valence-electron chi connectivity index (χ3n) is 2.53. The zero-order valence-electron chi connectivity index (χ0n) is 9.13. The number of hydrogen-bond donors (Lipinski definition) is 2. The molecule has 0 aliphatic carbocycles. The molecule has 0 amide bonds. The molecular formula is C10H16N4S. The number of thioether (sulfide) groups is 1. The van der Waals surface area contributed by atoms with Gasteiger partial charge in [0.25, 0.3) is 0 Å². The molecule has 0 unspecified atom stereocenters. The molecule has 1 aliphatic heterocycles. The van der Waals surface area contributed by atoms with Crippen LogP contribution in [0.3, 0.4) is 0 Å². The molecule has 0 radical (unpaired) electrons. The molecule has 2 rings (SSSR count). The van der Waals surface area contributed by atoms with Crippen molar-refractivity contribution >= 4 is 11.8 Å². The third kappa shape index (κ3) is 2.30. The van der Waals surface area contributed by atoms with Gasteiger partial charge in [0.2, 0.25) is 0 Å². The Kier molecular flexibility index (Phi) is 3.56. The van der Waals surface area contributed by atoms with Crippen LogP contribution in [0.4, 0.5) is 0 Å². The molecule has 2 heterocycles. The van der Waals surface area contributed by atoms with Crippen LogP contribution in [0.25, 0.3) is 0 Å². The Labute approximate surface area is 94.3 Å². The van der Waals surface area contributed by atoms with Crippen molar-refractivity contribution < 1.29 is 0 Å². The Morgan fingerprint density at radius 1 is 1.47 bits per heavy atom. The van der Waals surface area contributed by atoms with Crippen molar-refractivity contribution in [2.75, 3.05) is 19.8 Å². The summed E-state index contributed by atoms with van der Waals surface area (Å²) in [6, 6.07) is 0. The van der Waals surface area contributed by atoms with Gasteiger partial charge in [-0.25, -0.2) is 9.97 Å². The molecule has 82 valence electrons. The molecule has 0 bridgehead atoms. The first kappa shape index (κ1) is 10.9. The predicted molar refractivity (Wildman–Crippen MR) is 62.0 cm³/mol. The van der Waals surface area contributed by atoms with Gasteiger partial charge in [-0.2, -0.15) is 0 Å². The van der Waals surface area contributed by atoms with Gasteiger partial charge in [-0.1, -0.05) is 11.8 Å². The quantitative estimate of drug-likeness (QED) is 0.580. The lowest BCUT2D eigenvalue weighted by atomic mass is 10.0. The first-order valence-corrected chi connectivity index (χ1v) is 6.35. The Bertz CT molecular complexity index is 354. The van der Waals surface area contributed by atoms with Crippen LogP contribution >= 0.6 is 11.8 Å². The smallest absolute Gasteiger partial charge is 0.187 e. The topological polar surface area (TPSA) is 49.8 Å². The van der Waals surface area contributed by atoms with E-state index in [4.69, 9.17) is 0 Å². The van der Waals surface area contributed by atoms with Crippen molar-refractivity contribution in [1.29, 1.82) is 0 Å². The highest BCUT2D eigenvalue weighted by Gasteiger charge is 2.16. The lowest BCUT2D eigenvalue weighted by Crippen LogP contribution is -2.27. The van der Waals surface area contributed by atoms with E-state index in [2.05, 4.69) is 20.6 Å². The largest absolute Gasteiger partial charge is 0.314 e. The van der Waals surface area contributed by atoms with Crippen LogP contribution in [0.2, 0.25) is 0 Å². The number of aromatic nitrogens is 2. The van der Waals surface area contributed by atoms with Crippen molar-refractivity contribution in [3.8, 4) is 0 Å². The van der Waals surface area contributed by atoms with Gasteiger partial charge >= 0.3 is 0 Å². The number of nitrogens with zero attached hydrogens (tertiary/aromatic N) is 2. The second kappa shape index (κ2) is 4.92. The van der Waals surface area contributed by atoms with Gasteiger partial charge in [-0.05, 0) is 31.8 Å². The number of nitrogens with one attached hydrogen (secondary N) is 2. The molecule has 0 saturated heterocycles. The lowest BCUT2D eigenvalue weighted by Gasteiger charge is -2.19. The number of hydrogen-bond acceptors (Lipinski definition) is 5. The molecule has 5 heteroatoms. The number of fused-ring (bicyclic) bond motifs is 1. The summed E-state index contributed by atoms with van der Waals surface area (Å²) < 4.78 is 0. The maximum atomic E-state index is 4.56. The Balaban J connectivity index is 2.41. The average Bonchev–Trinajstić information content (AvgIpc) is 2.29. The highest BCUT2D eigenvalue weighted by Crippen LogP contribution is 2.19. The summed E-state index contributed by atoms with van der Waals surface area (Å²) in [6.45, 7) is 2.74. The SMILES string of the molecule is CNCc1nc(SC)nc2c1CCNC2. The zero-order valence-corrected chi connectivity index (χ0v) is 9.95. The summed E-state index contributed by atoms with van der Waals surface area (Å²) in [5, 5.41) is 7.38. The van der Waals surface area contributed by atoms with E-state index in [-0.39, 0.29) is 0 Å². The monoisotopic (exact) mass is 224 g/mol. The van der Waals surface area contributed by atoms with E-state index in [1.807, 2.05) is 13.3 Å². The molecular weight excluding hydrogens is 208 g/mol. The molecule has 0 saturated carbocycles. The normalized spacial score (nSPS) is 15.1. The van der Waals surface area contributed by atoms with Gasteiger partial charge in [0.05, 0.1) is 11.4 Å². The lowest BCUT2D eigenvalue weighted by molar-refractivity contribution is 0.596. The fourth-order valence-electron chi connectivity index (χ4n) is 1.82. The van der Waals surface area contributed by atoms with Crippen LogP contribution in [-0.2, 0) is 19.5 Å². The maximum Gasteiger partial charge on any atom is 0.187 e. The van der Waals surface area contributed by atoms with E-state index in [0.29, 0.717) is 0 Å². The Hall–Kier alpha value is -0.650. The van der Waals surface area contributed by atoms with Crippen LogP contribution in [-0.4, -0.2) is 29.8 Å². The summed E-state index contributed by atoms with van der Waals surface area (Å²) in [4.78, 5) is 9.09. The second-order valence-corrected chi connectivity index (χ2v) is 4.31. The molecule has 2 N–H and O–H groups in total. The minimum atomic E-state index is 0.832. The van der Waals surface area contributed by atoms with Crippen molar-refractivity contribution in [2.45, 2.75) is 24.7 Å². The Morgan fingerprint density at radius 2 is 2.33 bits per heavy atom. The molecule has 0 aromatic carbocycles. The van der Waals surface area contributed by atoms with E-state index in [1.165, 1.54) is 11.3 Å². The average molecular weight is 224 g/mol. The standard InChI is InChI=1S/C10H16N4S/c1-11-5-8-7-3-4-12-6-9(7)14-10(13-8)15-2/h11-12H,3-6H2,1-2H3. The molecule has 0 fully saturated rings. The van der Waals surface area contributed by atoms with Crippen LogP contribution < -0.4 is 10.6 Å². The van der Waals surface area contributed by atoms with Crippen molar-refractivity contribution in [2.24, 2.45) is 0 Å². The molecule has 1 aromatic rings. The predicted octanol–water partition coefficient (Wildman–Crippen LogP) is 0.564. The molecule has 1 aromatic heterocycles. The van der Waals surface area contributed by atoms with E-state index in [0.717, 1.165) is 36.9 Å². The summed E-state index contributed by atoms with van der Waals surface area (Å²) >= 11 is 1.60. The van der Waals surface area contributed by atoms with E-state index < -0.39 is 0 Å². The van der Waals surface area contributed by atoms with Gasteiger partial charge < -0.3 is 10.6 Å². The molecule has 0 atom stereocenters. The molecule has 4 nitrogen and oxygen atoms in total. The third-order valence-corrected chi connectivity index (χ3v) is 3.08. The van der Waals surface area contributed by atoms with E-state index in [1.54, 1.807) is 11.8 Å². The van der Waals surface area contributed by atoms with Gasteiger partial charge in [0.15, 0.2) is 5.16 Å². The highest BCUT2D eigenvalue weighted by molar-refractivity contribution is 7.98. The molecule has 0 spiro atoms. The van der Waals surface area contributed by atoms with E-state index in [9.17, 15) is 0 Å². The van der Waals surface area contributed by atoms with Crippen LogP contribution in [0, 0.1) is 0 Å². The van der Waals surface area contributed by atoms with Crippen molar-refractivity contribution in [1.82, 2.24) is 20.6 Å². The van der Waals surface area contributed by atoms with Gasteiger partial charge in [-0.15, -0.1) is 0 Å². The summed E-state index contributed by atoms with van der Waals surface area (Å²) in [6.07, 6.45) is 3.06. The zero-order chi connectivity index (χ0) is 10.7. The fourth-order valence-corrected chi connectivity index (χ4v) is 2.22. The van der Waals surface area contributed by atoms with Gasteiger partial charge in [0, 0.05) is 13.1 Å². The summed E-state index contributed by atoms with van der Waals surface area (Å²) in [7, 11) is 1.95. The van der Waals surface area contributed by atoms with Crippen LogP contribution in [0.1, 0.15) is 17.0 Å². The minimum absolute atomic E-state index is 0.832.